The monoisotopic (exact) mass is 296 g/mol. The van der Waals surface area contributed by atoms with Gasteiger partial charge in [0.15, 0.2) is 0 Å². The Hall–Kier alpha value is -1.27. The molecule has 0 fully saturated rings. The number of aromatic nitrogens is 3. The van der Waals surface area contributed by atoms with Crippen molar-refractivity contribution in [3.05, 3.63) is 40.2 Å². The molecule has 2 rings (SSSR count). The molecule has 0 aliphatic heterocycles. The number of hydrogen-bond acceptors (Lipinski definition) is 5. The third-order valence-corrected chi connectivity index (χ3v) is 2.76. The van der Waals surface area contributed by atoms with E-state index in [-0.39, 0.29) is 0 Å². The molecule has 5 nitrogen and oxygen atoms in total. The van der Waals surface area contributed by atoms with Crippen LogP contribution in [0.3, 0.4) is 0 Å². The van der Waals surface area contributed by atoms with Crippen molar-refractivity contribution in [1.29, 1.82) is 0 Å². The average Bonchev–Trinajstić information content (AvgIpc) is 2.68. The normalized spacial score (nSPS) is 11.1. The maximum absolute atomic E-state index is 4.90. The van der Waals surface area contributed by atoms with Gasteiger partial charge in [-0.1, -0.05) is 5.16 Å². The van der Waals surface area contributed by atoms with Gasteiger partial charge in [-0.2, -0.15) is 0 Å². The molecule has 0 aliphatic carbocycles. The van der Waals surface area contributed by atoms with E-state index in [9.17, 15) is 0 Å². The van der Waals surface area contributed by atoms with Crippen LogP contribution in [0.2, 0.25) is 0 Å². The van der Waals surface area contributed by atoms with Crippen molar-refractivity contribution in [2.75, 3.05) is 7.05 Å². The number of hydrogen-bond donors (Lipinski definition) is 0. The lowest BCUT2D eigenvalue weighted by Gasteiger charge is -2.13. The van der Waals surface area contributed by atoms with Crippen LogP contribution in [0.4, 0.5) is 0 Å². The molecule has 0 atom stereocenters. The lowest BCUT2D eigenvalue weighted by molar-refractivity contribution is 0.296. The minimum absolute atomic E-state index is 0.680. The first-order valence-corrected chi connectivity index (χ1v) is 5.99. The molecule has 0 amide bonds. The lowest BCUT2D eigenvalue weighted by atomic mass is 10.2. The van der Waals surface area contributed by atoms with E-state index in [1.165, 1.54) is 0 Å². The van der Waals surface area contributed by atoms with Gasteiger partial charge in [0, 0.05) is 24.5 Å². The molecular formula is C11H13BrN4O. The third kappa shape index (κ3) is 3.34. The molecular weight excluding hydrogens is 284 g/mol. The lowest BCUT2D eigenvalue weighted by Crippen LogP contribution is -2.19. The van der Waals surface area contributed by atoms with Crippen LogP contribution in [0.25, 0.3) is 0 Å². The SMILES string of the molecule is Cc1conc1CN(C)Cc1ncc(Br)cn1. The van der Waals surface area contributed by atoms with E-state index in [1.807, 2.05) is 14.0 Å². The molecule has 2 aromatic rings. The predicted molar refractivity (Wildman–Crippen MR) is 66.1 cm³/mol. The van der Waals surface area contributed by atoms with Gasteiger partial charge in [-0.05, 0) is 29.9 Å². The summed E-state index contributed by atoms with van der Waals surface area (Å²) < 4.78 is 5.78. The van der Waals surface area contributed by atoms with E-state index in [4.69, 9.17) is 4.52 Å². The van der Waals surface area contributed by atoms with Crippen molar-refractivity contribution in [2.24, 2.45) is 0 Å². The first-order chi connectivity index (χ1) is 8.15. The Morgan fingerprint density at radius 1 is 1.29 bits per heavy atom. The summed E-state index contributed by atoms with van der Waals surface area (Å²) in [5.74, 6) is 0.789. The van der Waals surface area contributed by atoms with Crippen molar-refractivity contribution < 1.29 is 4.52 Å². The zero-order valence-corrected chi connectivity index (χ0v) is 11.3. The zero-order valence-electron chi connectivity index (χ0n) is 9.72. The van der Waals surface area contributed by atoms with Crippen molar-refractivity contribution in [1.82, 2.24) is 20.0 Å². The quantitative estimate of drug-likeness (QED) is 0.865. The van der Waals surface area contributed by atoms with Crippen LogP contribution in [-0.4, -0.2) is 27.1 Å². The molecule has 0 bridgehead atoms. The van der Waals surface area contributed by atoms with Crippen LogP contribution < -0.4 is 0 Å². The fourth-order valence-corrected chi connectivity index (χ4v) is 1.64. The van der Waals surface area contributed by atoms with Gasteiger partial charge in [-0.3, -0.25) is 4.90 Å². The molecule has 0 aromatic carbocycles. The zero-order chi connectivity index (χ0) is 12.3. The molecule has 17 heavy (non-hydrogen) atoms. The van der Waals surface area contributed by atoms with Crippen molar-refractivity contribution >= 4 is 15.9 Å². The van der Waals surface area contributed by atoms with Crippen LogP contribution in [0.15, 0.2) is 27.7 Å². The van der Waals surface area contributed by atoms with Gasteiger partial charge in [0.2, 0.25) is 0 Å². The van der Waals surface area contributed by atoms with E-state index in [1.54, 1.807) is 18.7 Å². The first-order valence-electron chi connectivity index (χ1n) is 5.20. The fourth-order valence-electron chi connectivity index (χ4n) is 1.44. The largest absolute Gasteiger partial charge is 0.364 e. The number of aryl methyl sites for hydroxylation is 1. The molecule has 90 valence electrons. The van der Waals surface area contributed by atoms with E-state index in [2.05, 4.69) is 36.0 Å². The Balaban J connectivity index is 1.95. The summed E-state index contributed by atoms with van der Waals surface area (Å²) in [5.41, 5.74) is 2.01. The summed E-state index contributed by atoms with van der Waals surface area (Å²) in [5, 5.41) is 3.95. The van der Waals surface area contributed by atoms with E-state index < -0.39 is 0 Å². The Morgan fingerprint density at radius 3 is 2.59 bits per heavy atom. The van der Waals surface area contributed by atoms with Gasteiger partial charge < -0.3 is 4.52 Å². The maximum atomic E-state index is 4.90. The Morgan fingerprint density at radius 2 is 2.00 bits per heavy atom. The van der Waals surface area contributed by atoms with Gasteiger partial charge in [0.05, 0.1) is 11.0 Å². The molecule has 0 saturated carbocycles. The van der Waals surface area contributed by atoms with Crippen molar-refractivity contribution in [3.8, 4) is 0 Å². The third-order valence-electron chi connectivity index (χ3n) is 2.35. The molecule has 0 radical (unpaired) electrons. The van der Waals surface area contributed by atoms with Crippen LogP contribution in [0.5, 0.6) is 0 Å². The molecule has 0 saturated heterocycles. The van der Waals surface area contributed by atoms with Gasteiger partial charge in [-0.15, -0.1) is 0 Å². The Labute approximate surface area is 108 Å². The van der Waals surface area contributed by atoms with Gasteiger partial charge in [0.1, 0.15) is 17.8 Å². The van der Waals surface area contributed by atoms with Gasteiger partial charge >= 0.3 is 0 Å². The van der Waals surface area contributed by atoms with Crippen LogP contribution >= 0.6 is 15.9 Å². The van der Waals surface area contributed by atoms with Crippen LogP contribution in [-0.2, 0) is 13.1 Å². The molecule has 0 spiro atoms. The highest BCUT2D eigenvalue weighted by atomic mass is 79.9. The number of nitrogens with zero attached hydrogens (tertiary/aromatic N) is 4. The summed E-state index contributed by atoms with van der Waals surface area (Å²) in [6.45, 7) is 3.39. The number of rotatable bonds is 4. The summed E-state index contributed by atoms with van der Waals surface area (Å²) >= 11 is 3.31. The van der Waals surface area contributed by atoms with Crippen LogP contribution in [0, 0.1) is 6.92 Å². The molecule has 2 heterocycles. The highest BCUT2D eigenvalue weighted by Gasteiger charge is 2.08. The fraction of sp³-hybridized carbons (Fsp3) is 0.364. The van der Waals surface area contributed by atoms with Gasteiger partial charge in [-0.25, -0.2) is 9.97 Å². The smallest absolute Gasteiger partial charge is 0.142 e. The summed E-state index contributed by atoms with van der Waals surface area (Å²) in [4.78, 5) is 10.5. The summed E-state index contributed by atoms with van der Waals surface area (Å²) in [6.07, 6.45) is 5.15. The van der Waals surface area contributed by atoms with E-state index in [0.29, 0.717) is 6.54 Å². The molecule has 0 N–H and O–H groups in total. The minimum Gasteiger partial charge on any atom is -0.364 e. The Bertz CT molecular complexity index is 482. The molecule has 0 unspecified atom stereocenters. The summed E-state index contributed by atoms with van der Waals surface area (Å²) in [6, 6.07) is 0. The van der Waals surface area contributed by atoms with Crippen LogP contribution in [0.1, 0.15) is 17.1 Å². The van der Waals surface area contributed by atoms with Crippen molar-refractivity contribution in [2.45, 2.75) is 20.0 Å². The van der Waals surface area contributed by atoms with E-state index in [0.717, 1.165) is 28.1 Å². The highest BCUT2D eigenvalue weighted by molar-refractivity contribution is 9.10. The second kappa shape index (κ2) is 5.37. The molecule has 0 aliphatic rings. The summed E-state index contributed by atoms with van der Waals surface area (Å²) in [7, 11) is 2.00. The second-order valence-corrected chi connectivity index (χ2v) is 4.85. The Kier molecular flexibility index (Phi) is 3.86. The average molecular weight is 297 g/mol. The van der Waals surface area contributed by atoms with Crippen molar-refractivity contribution in [3.63, 3.8) is 0 Å². The second-order valence-electron chi connectivity index (χ2n) is 3.93. The predicted octanol–water partition coefficient (Wildman–Crippen LogP) is 2.17. The highest BCUT2D eigenvalue weighted by Crippen LogP contribution is 2.09. The standard InChI is InChI=1S/C11H13BrN4O/c1-8-7-17-15-10(8)5-16(2)6-11-13-3-9(12)4-14-11/h3-4,7H,5-6H2,1-2H3. The van der Waals surface area contributed by atoms with Gasteiger partial charge in [0.25, 0.3) is 0 Å². The van der Waals surface area contributed by atoms with E-state index >= 15 is 0 Å². The molecule has 6 heteroatoms. The maximum Gasteiger partial charge on any atom is 0.142 e. The first kappa shape index (κ1) is 12.2. The molecule has 2 aromatic heterocycles. The topological polar surface area (TPSA) is 55.1 Å². The minimum atomic E-state index is 0.680. The number of halogens is 1.